The average Bonchev–Trinajstić information content (AvgIpc) is 2.45. The van der Waals surface area contributed by atoms with Crippen LogP contribution in [0.15, 0.2) is 0 Å². The molecule has 0 spiro atoms. The van der Waals surface area contributed by atoms with Crippen molar-refractivity contribution >= 4 is 23.9 Å². The van der Waals surface area contributed by atoms with E-state index in [0.29, 0.717) is 12.8 Å². The van der Waals surface area contributed by atoms with Crippen LogP contribution in [0, 0.1) is 22.2 Å². The van der Waals surface area contributed by atoms with E-state index in [2.05, 4.69) is 0 Å². The molecule has 168 valence electrons. The second kappa shape index (κ2) is 9.59. The highest BCUT2D eigenvalue weighted by Gasteiger charge is 2.45. The van der Waals surface area contributed by atoms with Gasteiger partial charge in [0.1, 0.15) is 0 Å². The number of carboxylic acid groups (broad SMARTS) is 2. The van der Waals surface area contributed by atoms with Crippen molar-refractivity contribution in [1.29, 1.82) is 0 Å². The third-order valence-electron chi connectivity index (χ3n) is 4.23. The van der Waals surface area contributed by atoms with E-state index in [1.807, 2.05) is 34.6 Å². The summed E-state index contributed by atoms with van der Waals surface area (Å²) in [5, 5.41) is 18.9. The lowest BCUT2D eigenvalue weighted by Gasteiger charge is -2.32. The second-order valence-corrected chi connectivity index (χ2v) is 10.4. The monoisotopic (exact) mass is 416 g/mol. The molecule has 8 heteroatoms. The molecule has 0 heterocycles. The fourth-order valence-electron chi connectivity index (χ4n) is 3.54. The van der Waals surface area contributed by atoms with Crippen LogP contribution >= 0.6 is 0 Å². The van der Waals surface area contributed by atoms with Gasteiger partial charge < -0.3 is 19.7 Å². The maximum absolute atomic E-state index is 12.6. The number of hydrogen-bond donors (Lipinski definition) is 2. The summed E-state index contributed by atoms with van der Waals surface area (Å²) in [5.41, 5.74) is -2.34. The van der Waals surface area contributed by atoms with Crippen LogP contribution in [0.4, 0.5) is 0 Å². The smallest absolute Gasteiger partial charge is 0.349 e. The first-order chi connectivity index (χ1) is 12.8. The van der Waals surface area contributed by atoms with Crippen LogP contribution < -0.4 is 0 Å². The predicted molar refractivity (Wildman–Crippen MR) is 106 cm³/mol. The normalized spacial score (nSPS) is 14.8. The Labute approximate surface area is 172 Å². The minimum absolute atomic E-state index is 0.132. The average molecular weight is 417 g/mol. The molecule has 0 aliphatic rings. The van der Waals surface area contributed by atoms with Crippen molar-refractivity contribution in [2.24, 2.45) is 22.2 Å². The van der Waals surface area contributed by atoms with Crippen LogP contribution in [0.1, 0.15) is 75.2 Å². The molecule has 0 aliphatic carbocycles. The topological polar surface area (TPSA) is 127 Å². The van der Waals surface area contributed by atoms with Crippen molar-refractivity contribution in [2.75, 3.05) is 0 Å². The molecule has 2 unspecified atom stereocenters. The summed E-state index contributed by atoms with van der Waals surface area (Å²) in [6.45, 7) is 15.9. The standard InChI is InChI=1S/C21H36O8/c1-12(2)10-20(6,7)17(26)28-13(15(22)23)14(16(24)25)29-18(27)21(8,9)11-19(3,4)5/h12-14H,10-11H2,1-9H3,(H,22,23)(H,24,25). The molecule has 0 aromatic heterocycles. The Bertz CT molecular complexity index is 625. The van der Waals surface area contributed by atoms with Gasteiger partial charge in [-0.3, -0.25) is 9.59 Å². The highest BCUT2D eigenvalue weighted by atomic mass is 16.6. The van der Waals surface area contributed by atoms with E-state index in [9.17, 15) is 29.4 Å². The number of carbonyl (C=O) groups excluding carboxylic acids is 2. The zero-order valence-corrected chi connectivity index (χ0v) is 19.0. The van der Waals surface area contributed by atoms with E-state index in [0.717, 1.165) is 0 Å². The minimum atomic E-state index is -2.15. The summed E-state index contributed by atoms with van der Waals surface area (Å²) in [7, 11) is 0. The van der Waals surface area contributed by atoms with Crippen LogP contribution in [-0.4, -0.2) is 46.3 Å². The first-order valence-electron chi connectivity index (χ1n) is 9.68. The van der Waals surface area contributed by atoms with Gasteiger partial charge in [0.15, 0.2) is 0 Å². The van der Waals surface area contributed by atoms with Gasteiger partial charge in [-0.15, -0.1) is 0 Å². The predicted octanol–water partition coefficient (Wildman–Crippen LogP) is 3.51. The van der Waals surface area contributed by atoms with Crippen molar-refractivity contribution in [3.63, 3.8) is 0 Å². The lowest BCUT2D eigenvalue weighted by atomic mass is 9.76. The van der Waals surface area contributed by atoms with Gasteiger partial charge in [0, 0.05) is 0 Å². The Morgan fingerprint density at radius 3 is 1.34 bits per heavy atom. The molecule has 0 saturated heterocycles. The Hall–Kier alpha value is -2.12. The molecule has 0 aromatic carbocycles. The number of rotatable bonds is 10. The Morgan fingerprint density at radius 1 is 0.724 bits per heavy atom. The quantitative estimate of drug-likeness (QED) is 0.518. The summed E-state index contributed by atoms with van der Waals surface area (Å²) >= 11 is 0. The van der Waals surface area contributed by atoms with Crippen molar-refractivity contribution in [2.45, 2.75) is 87.4 Å². The second-order valence-electron chi connectivity index (χ2n) is 10.4. The molecule has 0 saturated carbocycles. The minimum Gasteiger partial charge on any atom is -0.478 e. The zero-order valence-electron chi connectivity index (χ0n) is 19.0. The number of carboxylic acids is 2. The molecule has 0 aliphatic heterocycles. The molecule has 2 N–H and O–H groups in total. The number of ether oxygens (including phenoxy) is 2. The number of carbonyl (C=O) groups is 4. The summed E-state index contributed by atoms with van der Waals surface area (Å²) < 4.78 is 10.1. The maximum atomic E-state index is 12.6. The number of aliphatic carboxylic acids is 2. The van der Waals surface area contributed by atoms with Crippen molar-refractivity contribution in [1.82, 2.24) is 0 Å². The SMILES string of the molecule is CC(C)CC(C)(C)C(=O)OC(C(=O)O)C(OC(=O)C(C)(C)CC(C)(C)C)C(=O)O. The summed E-state index contributed by atoms with van der Waals surface area (Å²) in [5.74, 6) is -5.01. The molecular formula is C21H36O8. The zero-order chi connectivity index (χ0) is 23.4. The van der Waals surface area contributed by atoms with E-state index in [4.69, 9.17) is 9.47 Å². The van der Waals surface area contributed by atoms with Gasteiger partial charge in [0.2, 0.25) is 12.2 Å². The molecule has 2 atom stereocenters. The van der Waals surface area contributed by atoms with E-state index >= 15 is 0 Å². The highest BCUT2D eigenvalue weighted by Crippen LogP contribution is 2.35. The molecule has 29 heavy (non-hydrogen) atoms. The van der Waals surface area contributed by atoms with E-state index in [1.54, 1.807) is 27.7 Å². The third kappa shape index (κ3) is 8.83. The summed E-state index contributed by atoms with van der Waals surface area (Å²) in [6.07, 6.45) is -3.52. The first-order valence-corrected chi connectivity index (χ1v) is 9.68. The lowest BCUT2D eigenvalue weighted by molar-refractivity contribution is -0.194. The van der Waals surface area contributed by atoms with Crippen LogP contribution in [-0.2, 0) is 28.7 Å². The van der Waals surface area contributed by atoms with E-state index in [-0.39, 0.29) is 11.3 Å². The third-order valence-corrected chi connectivity index (χ3v) is 4.23. The fourth-order valence-corrected chi connectivity index (χ4v) is 3.54. The van der Waals surface area contributed by atoms with Crippen LogP contribution in [0.2, 0.25) is 0 Å². The molecule has 0 radical (unpaired) electrons. The number of esters is 2. The largest absolute Gasteiger partial charge is 0.478 e. The Morgan fingerprint density at radius 2 is 1.07 bits per heavy atom. The van der Waals surface area contributed by atoms with Gasteiger partial charge in [-0.25, -0.2) is 9.59 Å². The molecule has 0 bridgehead atoms. The first kappa shape index (κ1) is 26.9. The van der Waals surface area contributed by atoms with Gasteiger partial charge in [-0.1, -0.05) is 34.6 Å². The Balaban J connectivity index is 5.64. The summed E-state index contributed by atoms with van der Waals surface area (Å²) in [4.78, 5) is 48.4. The lowest BCUT2D eigenvalue weighted by Crippen LogP contribution is -2.49. The van der Waals surface area contributed by atoms with Crippen molar-refractivity contribution in [3.8, 4) is 0 Å². The van der Waals surface area contributed by atoms with Crippen LogP contribution in [0.5, 0.6) is 0 Å². The van der Waals surface area contributed by atoms with E-state index in [1.165, 1.54) is 0 Å². The van der Waals surface area contributed by atoms with Crippen LogP contribution in [0.3, 0.4) is 0 Å². The van der Waals surface area contributed by atoms with Crippen molar-refractivity contribution < 1.29 is 38.9 Å². The fraction of sp³-hybridized carbons (Fsp3) is 0.810. The van der Waals surface area contributed by atoms with Gasteiger partial charge in [-0.2, -0.15) is 0 Å². The van der Waals surface area contributed by atoms with E-state index < -0.39 is 46.9 Å². The molecule has 0 amide bonds. The van der Waals surface area contributed by atoms with Crippen molar-refractivity contribution in [3.05, 3.63) is 0 Å². The highest BCUT2D eigenvalue weighted by molar-refractivity contribution is 5.89. The van der Waals surface area contributed by atoms with Gasteiger partial charge in [0.05, 0.1) is 10.8 Å². The molecule has 8 nitrogen and oxygen atoms in total. The van der Waals surface area contributed by atoms with Gasteiger partial charge >= 0.3 is 23.9 Å². The summed E-state index contributed by atoms with van der Waals surface area (Å²) in [6, 6.07) is 0. The number of hydrogen-bond acceptors (Lipinski definition) is 6. The molecule has 0 aromatic rings. The molecular weight excluding hydrogens is 380 g/mol. The Kier molecular flexibility index (Phi) is 8.89. The molecule has 0 rings (SSSR count). The maximum Gasteiger partial charge on any atom is 0.349 e. The van der Waals surface area contributed by atoms with Gasteiger partial charge in [-0.05, 0) is 51.9 Å². The molecule has 0 fully saturated rings. The van der Waals surface area contributed by atoms with Gasteiger partial charge in [0.25, 0.3) is 0 Å². The van der Waals surface area contributed by atoms with Crippen LogP contribution in [0.25, 0.3) is 0 Å².